The molecule has 4 nitrogen and oxygen atoms in total. The van der Waals surface area contributed by atoms with E-state index in [9.17, 15) is 4.79 Å². The molecule has 0 bridgehead atoms. The molecule has 1 N–H and O–H groups in total. The van der Waals surface area contributed by atoms with Crippen molar-refractivity contribution >= 4 is 23.2 Å². The van der Waals surface area contributed by atoms with Crippen molar-refractivity contribution in [2.75, 3.05) is 11.5 Å². The van der Waals surface area contributed by atoms with E-state index in [1.807, 2.05) is 22.4 Å². The number of aromatic nitrogens is 2. The highest BCUT2D eigenvalue weighted by Gasteiger charge is 2.21. The van der Waals surface area contributed by atoms with Gasteiger partial charge in [-0.3, -0.25) is 0 Å². The summed E-state index contributed by atoms with van der Waals surface area (Å²) in [5.41, 5.74) is 1.01. The number of imidazole rings is 1. The van der Waals surface area contributed by atoms with Gasteiger partial charge in [-0.25, -0.2) is 9.78 Å². The van der Waals surface area contributed by atoms with E-state index >= 15 is 0 Å². The Morgan fingerprint density at radius 1 is 1.56 bits per heavy atom. The molecule has 2 aromatic rings. The Labute approximate surface area is 109 Å². The molecule has 1 aliphatic rings. The number of pyridine rings is 1. The number of rotatable bonds is 2. The lowest BCUT2D eigenvalue weighted by Gasteiger charge is -2.20. The van der Waals surface area contributed by atoms with Crippen LogP contribution in [0.5, 0.6) is 0 Å². The number of aromatic carboxylic acids is 1. The Kier molecular flexibility index (Phi) is 2.99. The quantitative estimate of drug-likeness (QED) is 0.904. The first-order chi connectivity index (χ1) is 8.77. The van der Waals surface area contributed by atoms with Crippen LogP contribution in [0.25, 0.3) is 5.52 Å². The summed E-state index contributed by atoms with van der Waals surface area (Å²) in [6.07, 6.45) is 5.94. The van der Waals surface area contributed by atoms with Gasteiger partial charge in [0.25, 0.3) is 0 Å². The maximum absolute atomic E-state index is 11.2. The van der Waals surface area contributed by atoms with Crippen molar-refractivity contribution in [3.05, 3.63) is 35.9 Å². The Morgan fingerprint density at radius 2 is 2.44 bits per heavy atom. The van der Waals surface area contributed by atoms with Crippen molar-refractivity contribution in [1.82, 2.24) is 9.38 Å². The van der Waals surface area contributed by atoms with Crippen LogP contribution >= 0.6 is 11.8 Å². The van der Waals surface area contributed by atoms with Crippen molar-refractivity contribution in [2.45, 2.75) is 18.8 Å². The smallest absolute Gasteiger partial charge is 0.337 e. The Hall–Kier alpha value is -1.49. The molecular formula is C13H14N2O2S. The van der Waals surface area contributed by atoms with E-state index in [2.05, 4.69) is 4.98 Å². The van der Waals surface area contributed by atoms with E-state index in [1.165, 1.54) is 12.2 Å². The molecule has 0 aliphatic carbocycles. The normalized spacial score (nSPS) is 20.1. The number of hydrogen-bond acceptors (Lipinski definition) is 3. The zero-order chi connectivity index (χ0) is 12.5. The second-order valence-corrected chi connectivity index (χ2v) is 5.66. The Bertz CT molecular complexity index is 588. The van der Waals surface area contributed by atoms with Crippen LogP contribution < -0.4 is 0 Å². The minimum Gasteiger partial charge on any atom is -0.478 e. The zero-order valence-electron chi connectivity index (χ0n) is 9.87. The molecule has 3 heterocycles. The van der Waals surface area contributed by atoms with Gasteiger partial charge >= 0.3 is 5.97 Å². The molecule has 0 aromatic carbocycles. The SMILES string of the molecule is O=C(O)c1cccn2c(C3CCCSC3)ncc12. The Balaban J connectivity index is 2.08. The average Bonchev–Trinajstić information content (AvgIpc) is 2.83. The van der Waals surface area contributed by atoms with E-state index in [1.54, 1.807) is 18.3 Å². The van der Waals surface area contributed by atoms with E-state index in [-0.39, 0.29) is 0 Å². The highest BCUT2D eigenvalue weighted by atomic mass is 32.2. The predicted molar refractivity (Wildman–Crippen MR) is 71.5 cm³/mol. The zero-order valence-corrected chi connectivity index (χ0v) is 10.7. The van der Waals surface area contributed by atoms with Crippen LogP contribution in [0.3, 0.4) is 0 Å². The fraction of sp³-hybridized carbons (Fsp3) is 0.385. The Morgan fingerprint density at radius 3 is 3.17 bits per heavy atom. The van der Waals surface area contributed by atoms with Gasteiger partial charge in [-0.15, -0.1) is 0 Å². The van der Waals surface area contributed by atoms with Gasteiger partial charge in [-0.2, -0.15) is 11.8 Å². The summed E-state index contributed by atoms with van der Waals surface area (Å²) in [7, 11) is 0. The molecule has 1 atom stereocenters. The molecule has 94 valence electrons. The number of carbonyl (C=O) groups is 1. The maximum atomic E-state index is 11.2. The summed E-state index contributed by atoms with van der Waals surface area (Å²) in [6, 6.07) is 3.40. The van der Waals surface area contributed by atoms with Crippen molar-refractivity contribution in [2.24, 2.45) is 0 Å². The van der Waals surface area contributed by atoms with Crippen LogP contribution in [0.2, 0.25) is 0 Å². The molecule has 1 saturated heterocycles. The molecule has 0 spiro atoms. The summed E-state index contributed by atoms with van der Waals surface area (Å²) in [4.78, 5) is 15.6. The van der Waals surface area contributed by atoms with E-state index in [0.29, 0.717) is 17.0 Å². The lowest BCUT2D eigenvalue weighted by molar-refractivity contribution is 0.0698. The lowest BCUT2D eigenvalue weighted by Crippen LogP contribution is -2.12. The molecule has 5 heteroatoms. The van der Waals surface area contributed by atoms with Gasteiger partial charge < -0.3 is 9.51 Å². The highest BCUT2D eigenvalue weighted by Crippen LogP contribution is 2.31. The summed E-state index contributed by atoms with van der Waals surface area (Å²) in [6.45, 7) is 0. The number of thioether (sulfide) groups is 1. The van der Waals surface area contributed by atoms with Crippen molar-refractivity contribution in [1.29, 1.82) is 0 Å². The maximum Gasteiger partial charge on any atom is 0.337 e. The monoisotopic (exact) mass is 262 g/mol. The lowest BCUT2D eigenvalue weighted by atomic mass is 10.0. The molecule has 1 unspecified atom stereocenters. The molecule has 18 heavy (non-hydrogen) atoms. The molecule has 1 aliphatic heterocycles. The van der Waals surface area contributed by atoms with E-state index in [0.717, 1.165) is 18.0 Å². The van der Waals surface area contributed by atoms with E-state index < -0.39 is 5.97 Å². The van der Waals surface area contributed by atoms with Crippen molar-refractivity contribution in [3.63, 3.8) is 0 Å². The van der Waals surface area contributed by atoms with Gasteiger partial charge in [0, 0.05) is 17.9 Å². The van der Waals surface area contributed by atoms with Gasteiger partial charge in [0.2, 0.25) is 0 Å². The first-order valence-corrected chi connectivity index (χ1v) is 7.20. The van der Waals surface area contributed by atoms with Crippen LogP contribution in [0.4, 0.5) is 0 Å². The van der Waals surface area contributed by atoms with Crippen LogP contribution in [0.1, 0.15) is 34.9 Å². The third-order valence-electron chi connectivity index (χ3n) is 3.36. The second kappa shape index (κ2) is 4.65. The van der Waals surface area contributed by atoms with Gasteiger partial charge in [-0.05, 0) is 30.7 Å². The third kappa shape index (κ3) is 1.88. The van der Waals surface area contributed by atoms with Crippen molar-refractivity contribution < 1.29 is 9.90 Å². The number of carboxylic acid groups (broad SMARTS) is 1. The minimum absolute atomic E-state index is 0.319. The highest BCUT2D eigenvalue weighted by molar-refractivity contribution is 7.99. The largest absolute Gasteiger partial charge is 0.478 e. The van der Waals surface area contributed by atoms with Gasteiger partial charge in [-0.1, -0.05) is 0 Å². The van der Waals surface area contributed by atoms with Crippen molar-refractivity contribution in [3.8, 4) is 0 Å². The molecular weight excluding hydrogens is 248 g/mol. The van der Waals surface area contributed by atoms with Crippen LogP contribution in [-0.4, -0.2) is 32.0 Å². The summed E-state index contributed by atoms with van der Waals surface area (Å²) in [5, 5.41) is 9.16. The second-order valence-electron chi connectivity index (χ2n) is 4.51. The number of carboxylic acids is 1. The number of nitrogens with zero attached hydrogens (tertiary/aromatic N) is 2. The first kappa shape index (κ1) is 11.6. The molecule has 3 rings (SSSR count). The minimum atomic E-state index is -0.898. The fourth-order valence-corrected chi connectivity index (χ4v) is 3.61. The number of fused-ring (bicyclic) bond motifs is 1. The van der Waals surface area contributed by atoms with E-state index in [4.69, 9.17) is 5.11 Å². The van der Waals surface area contributed by atoms with Crippen LogP contribution in [0.15, 0.2) is 24.5 Å². The van der Waals surface area contributed by atoms with Gasteiger partial charge in [0.1, 0.15) is 5.82 Å². The van der Waals surface area contributed by atoms with Gasteiger partial charge in [0.15, 0.2) is 0 Å². The third-order valence-corrected chi connectivity index (χ3v) is 4.57. The standard InChI is InChI=1S/C13H14N2O2S/c16-13(17)10-4-1-5-15-11(10)7-14-12(15)9-3-2-6-18-8-9/h1,4-5,7,9H,2-3,6,8H2,(H,16,17). The van der Waals surface area contributed by atoms with Crippen LogP contribution in [-0.2, 0) is 0 Å². The van der Waals surface area contributed by atoms with Crippen LogP contribution in [0, 0.1) is 0 Å². The predicted octanol–water partition coefficient (Wildman–Crippen LogP) is 2.64. The first-order valence-electron chi connectivity index (χ1n) is 6.04. The fourth-order valence-electron chi connectivity index (χ4n) is 2.47. The van der Waals surface area contributed by atoms with Gasteiger partial charge in [0.05, 0.1) is 17.3 Å². The summed E-state index contributed by atoms with van der Waals surface area (Å²) in [5.74, 6) is 2.84. The summed E-state index contributed by atoms with van der Waals surface area (Å²) < 4.78 is 1.93. The summed E-state index contributed by atoms with van der Waals surface area (Å²) >= 11 is 1.95. The molecule has 0 saturated carbocycles. The topological polar surface area (TPSA) is 54.6 Å². The molecule has 1 fully saturated rings. The average molecular weight is 262 g/mol. The number of hydrogen-bond donors (Lipinski definition) is 1. The molecule has 0 amide bonds. The molecule has 2 aromatic heterocycles. The molecule has 0 radical (unpaired) electrons.